The maximum Gasteiger partial charge on any atom is 0.250 e. The van der Waals surface area contributed by atoms with Gasteiger partial charge in [-0.3, -0.25) is 9.89 Å². The Morgan fingerprint density at radius 1 is 1.53 bits per heavy atom. The SMILES string of the molecule is CC(C)OCC(=O)Nc1ccc2[nH]ncc2c1. The number of aromatic amines is 1. The minimum atomic E-state index is -0.151. The Kier molecular flexibility index (Phi) is 3.39. The van der Waals surface area contributed by atoms with E-state index in [9.17, 15) is 4.79 Å². The summed E-state index contributed by atoms with van der Waals surface area (Å²) in [6.45, 7) is 3.86. The van der Waals surface area contributed by atoms with Crippen molar-refractivity contribution >= 4 is 22.5 Å². The first-order valence-corrected chi connectivity index (χ1v) is 5.50. The molecule has 5 nitrogen and oxygen atoms in total. The number of benzene rings is 1. The molecule has 2 rings (SSSR count). The van der Waals surface area contributed by atoms with Crippen LogP contribution in [0.2, 0.25) is 0 Å². The van der Waals surface area contributed by atoms with Crippen LogP contribution < -0.4 is 5.32 Å². The van der Waals surface area contributed by atoms with Gasteiger partial charge in [0.15, 0.2) is 0 Å². The van der Waals surface area contributed by atoms with Crippen molar-refractivity contribution in [1.29, 1.82) is 0 Å². The van der Waals surface area contributed by atoms with Crippen LogP contribution in [0, 0.1) is 0 Å². The van der Waals surface area contributed by atoms with Gasteiger partial charge in [-0.25, -0.2) is 0 Å². The van der Waals surface area contributed by atoms with Gasteiger partial charge in [-0.05, 0) is 32.0 Å². The summed E-state index contributed by atoms with van der Waals surface area (Å²) in [5, 5.41) is 10.5. The van der Waals surface area contributed by atoms with Crippen LogP contribution in [-0.4, -0.2) is 28.8 Å². The highest BCUT2D eigenvalue weighted by Crippen LogP contribution is 2.16. The van der Waals surface area contributed by atoms with Gasteiger partial charge in [-0.2, -0.15) is 5.10 Å². The van der Waals surface area contributed by atoms with E-state index < -0.39 is 0 Å². The summed E-state index contributed by atoms with van der Waals surface area (Å²) in [6, 6.07) is 5.57. The fourth-order valence-electron chi connectivity index (χ4n) is 1.46. The van der Waals surface area contributed by atoms with Crippen LogP contribution >= 0.6 is 0 Å². The van der Waals surface area contributed by atoms with E-state index in [0.29, 0.717) is 0 Å². The molecule has 0 aliphatic carbocycles. The molecule has 5 heteroatoms. The molecule has 90 valence electrons. The maximum absolute atomic E-state index is 11.5. The van der Waals surface area contributed by atoms with E-state index in [1.807, 2.05) is 32.0 Å². The number of anilines is 1. The summed E-state index contributed by atoms with van der Waals surface area (Å²) >= 11 is 0. The average molecular weight is 233 g/mol. The molecular formula is C12H15N3O2. The predicted molar refractivity (Wildman–Crippen MR) is 65.8 cm³/mol. The number of amides is 1. The van der Waals surface area contributed by atoms with Crippen molar-refractivity contribution in [2.75, 3.05) is 11.9 Å². The van der Waals surface area contributed by atoms with Gasteiger partial charge >= 0.3 is 0 Å². The first-order chi connectivity index (χ1) is 8.15. The zero-order valence-corrected chi connectivity index (χ0v) is 9.86. The van der Waals surface area contributed by atoms with Crippen LogP contribution in [0.25, 0.3) is 10.9 Å². The van der Waals surface area contributed by atoms with Gasteiger partial charge in [0.25, 0.3) is 0 Å². The molecule has 0 spiro atoms. The topological polar surface area (TPSA) is 67.0 Å². The second-order valence-corrected chi connectivity index (χ2v) is 4.08. The van der Waals surface area contributed by atoms with Gasteiger partial charge in [0.1, 0.15) is 6.61 Å². The molecule has 0 saturated carbocycles. The molecule has 1 aromatic carbocycles. The van der Waals surface area contributed by atoms with E-state index in [-0.39, 0.29) is 18.6 Å². The molecule has 0 unspecified atom stereocenters. The number of nitrogens with zero attached hydrogens (tertiary/aromatic N) is 1. The number of fused-ring (bicyclic) bond motifs is 1. The van der Waals surface area contributed by atoms with E-state index in [0.717, 1.165) is 16.6 Å². The summed E-state index contributed by atoms with van der Waals surface area (Å²) in [4.78, 5) is 11.5. The molecule has 0 bridgehead atoms. The van der Waals surface area contributed by atoms with Crippen LogP contribution in [0.15, 0.2) is 24.4 Å². The number of carbonyl (C=O) groups is 1. The van der Waals surface area contributed by atoms with Crippen LogP contribution in [0.5, 0.6) is 0 Å². The lowest BCUT2D eigenvalue weighted by Gasteiger charge is -2.08. The first kappa shape index (κ1) is 11.6. The van der Waals surface area contributed by atoms with Gasteiger partial charge < -0.3 is 10.1 Å². The first-order valence-electron chi connectivity index (χ1n) is 5.50. The zero-order valence-electron chi connectivity index (χ0n) is 9.86. The molecular weight excluding hydrogens is 218 g/mol. The van der Waals surface area contributed by atoms with E-state index in [4.69, 9.17) is 4.74 Å². The van der Waals surface area contributed by atoms with Crippen LogP contribution in [0.4, 0.5) is 5.69 Å². The van der Waals surface area contributed by atoms with Crippen molar-refractivity contribution in [3.05, 3.63) is 24.4 Å². The number of carbonyl (C=O) groups excluding carboxylic acids is 1. The highest BCUT2D eigenvalue weighted by molar-refractivity contribution is 5.94. The number of H-pyrrole nitrogens is 1. The molecule has 17 heavy (non-hydrogen) atoms. The molecule has 1 amide bonds. The molecule has 1 heterocycles. The van der Waals surface area contributed by atoms with Gasteiger partial charge in [0, 0.05) is 11.1 Å². The monoisotopic (exact) mass is 233 g/mol. The Balaban J connectivity index is 2.00. The Bertz CT molecular complexity index is 519. The summed E-state index contributed by atoms with van der Waals surface area (Å²) in [5.41, 5.74) is 1.69. The predicted octanol–water partition coefficient (Wildman–Crippen LogP) is 1.93. The third-order valence-corrected chi connectivity index (χ3v) is 2.27. The second kappa shape index (κ2) is 4.97. The van der Waals surface area contributed by atoms with E-state index in [1.165, 1.54) is 0 Å². The highest BCUT2D eigenvalue weighted by Gasteiger charge is 2.05. The van der Waals surface area contributed by atoms with Crippen molar-refractivity contribution in [3.63, 3.8) is 0 Å². The molecule has 0 aliphatic rings. The van der Waals surface area contributed by atoms with Gasteiger partial charge in [0.2, 0.25) is 5.91 Å². The minimum Gasteiger partial charge on any atom is -0.369 e. The third kappa shape index (κ3) is 3.04. The smallest absolute Gasteiger partial charge is 0.250 e. The lowest BCUT2D eigenvalue weighted by molar-refractivity contribution is -0.121. The number of hydrogen-bond donors (Lipinski definition) is 2. The largest absolute Gasteiger partial charge is 0.369 e. The third-order valence-electron chi connectivity index (χ3n) is 2.27. The molecule has 2 N–H and O–H groups in total. The Morgan fingerprint density at radius 2 is 2.35 bits per heavy atom. The van der Waals surface area contributed by atoms with Crippen molar-refractivity contribution in [3.8, 4) is 0 Å². The highest BCUT2D eigenvalue weighted by atomic mass is 16.5. The van der Waals surface area contributed by atoms with Crippen molar-refractivity contribution in [2.24, 2.45) is 0 Å². The number of ether oxygens (including phenoxy) is 1. The number of rotatable bonds is 4. The normalized spacial score (nSPS) is 11.0. The van der Waals surface area contributed by atoms with Crippen molar-refractivity contribution in [1.82, 2.24) is 10.2 Å². The van der Waals surface area contributed by atoms with Crippen molar-refractivity contribution < 1.29 is 9.53 Å². The zero-order chi connectivity index (χ0) is 12.3. The quantitative estimate of drug-likeness (QED) is 0.847. The molecule has 0 aliphatic heterocycles. The average Bonchev–Trinajstić information content (AvgIpc) is 2.73. The molecule has 0 fully saturated rings. The minimum absolute atomic E-state index is 0.0529. The fraction of sp³-hybridized carbons (Fsp3) is 0.333. The van der Waals surface area contributed by atoms with Gasteiger partial charge in [-0.15, -0.1) is 0 Å². The number of nitrogens with one attached hydrogen (secondary N) is 2. The molecule has 1 aromatic heterocycles. The van der Waals surface area contributed by atoms with Gasteiger partial charge in [0.05, 0.1) is 17.8 Å². The molecule has 0 atom stereocenters. The Hall–Kier alpha value is -1.88. The standard InChI is InChI=1S/C12H15N3O2/c1-8(2)17-7-12(16)14-10-3-4-11-9(5-10)6-13-15-11/h3-6,8H,7H2,1-2H3,(H,13,15)(H,14,16). The Morgan fingerprint density at radius 3 is 3.12 bits per heavy atom. The molecule has 0 radical (unpaired) electrons. The molecule has 0 saturated heterocycles. The van der Waals surface area contributed by atoms with E-state index >= 15 is 0 Å². The van der Waals surface area contributed by atoms with Gasteiger partial charge in [-0.1, -0.05) is 0 Å². The van der Waals surface area contributed by atoms with E-state index in [2.05, 4.69) is 15.5 Å². The van der Waals surface area contributed by atoms with E-state index in [1.54, 1.807) is 6.20 Å². The summed E-state index contributed by atoms with van der Waals surface area (Å²) in [5.74, 6) is -0.151. The van der Waals surface area contributed by atoms with Crippen LogP contribution in [0.3, 0.4) is 0 Å². The number of aromatic nitrogens is 2. The van der Waals surface area contributed by atoms with Crippen LogP contribution in [0.1, 0.15) is 13.8 Å². The van der Waals surface area contributed by atoms with Crippen molar-refractivity contribution in [2.45, 2.75) is 20.0 Å². The lowest BCUT2D eigenvalue weighted by atomic mass is 10.2. The Labute approximate surface area is 99.2 Å². The maximum atomic E-state index is 11.5. The molecule has 2 aromatic rings. The van der Waals surface area contributed by atoms with Crippen LogP contribution in [-0.2, 0) is 9.53 Å². The fourth-order valence-corrected chi connectivity index (χ4v) is 1.46. The second-order valence-electron chi connectivity index (χ2n) is 4.08. The summed E-state index contributed by atoms with van der Waals surface area (Å²) in [6.07, 6.45) is 1.77. The lowest BCUT2D eigenvalue weighted by Crippen LogP contribution is -2.20. The number of hydrogen-bond acceptors (Lipinski definition) is 3. The summed E-state index contributed by atoms with van der Waals surface area (Å²) in [7, 11) is 0. The summed E-state index contributed by atoms with van der Waals surface area (Å²) < 4.78 is 5.22.